The van der Waals surface area contributed by atoms with E-state index in [0.29, 0.717) is 16.1 Å². The normalized spacial score (nSPS) is 10.7. The SMILES string of the molecule is COC(=O)c1sc(NC(=O)/C=C/c2ccccc2F)nc1C. The van der Waals surface area contributed by atoms with Crippen molar-refractivity contribution in [3.63, 3.8) is 0 Å². The zero-order valence-corrected chi connectivity index (χ0v) is 12.7. The minimum absolute atomic E-state index is 0.279. The number of aromatic nitrogens is 1. The van der Waals surface area contributed by atoms with Crippen molar-refractivity contribution < 1.29 is 18.7 Å². The number of ether oxygens (including phenoxy) is 1. The molecule has 0 aliphatic rings. The highest BCUT2D eigenvalue weighted by Gasteiger charge is 2.16. The van der Waals surface area contributed by atoms with Crippen molar-refractivity contribution in [2.75, 3.05) is 12.4 Å². The van der Waals surface area contributed by atoms with Gasteiger partial charge < -0.3 is 4.74 Å². The highest BCUT2D eigenvalue weighted by molar-refractivity contribution is 7.17. The van der Waals surface area contributed by atoms with Gasteiger partial charge >= 0.3 is 5.97 Å². The third-order valence-corrected chi connectivity index (χ3v) is 3.77. The number of hydrogen-bond acceptors (Lipinski definition) is 5. The maximum atomic E-state index is 13.4. The lowest BCUT2D eigenvalue weighted by molar-refractivity contribution is -0.111. The predicted octanol–water partition coefficient (Wildman–Crippen LogP) is 3.03. The topological polar surface area (TPSA) is 68.3 Å². The van der Waals surface area contributed by atoms with Crippen molar-refractivity contribution in [2.24, 2.45) is 0 Å². The van der Waals surface area contributed by atoms with Crippen molar-refractivity contribution in [2.45, 2.75) is 6.92 Å². The standard InChI is InChI=1S/C15H13FN2O3S/c1-9-13(14(20)21-2)22-15(17-9)18-12(19)8-7-10-5-3-4-6-11(10)16/h3-8H,1-2H3,(H,17,18,19)/b8-7+. The van der Waals surface area contributed by atoms with Gasteiger partial charge in [-0.3, -0.25) is 10.1 Å². The molecule has 1 heterocycles. The zero-order valence-electron chi connectivity index (χ0n) is 11.9. The van der Waals surface area contributed by atoms with Crippen LogP contribution in [-0.2, 0) is 9.53 Å². The van der Waals surface area contributed by atoms with Gasteiger partial charge in [-0.15, -0.1) is 0 Å². The first-order valence-electron chi connectivity index (χ1n) is 6.30. The molecule has 0 fully saturated rings. The molecule has 2 aromatic rings. The second kappa shape index (κ2) is 6.95. The van der Waals surface area contributed by atoms with Gasteiger partial charge in [-0.2, -0.15) is 0 Å². The summed E-state index contributed by atoms with van der Waals surface area (Å²) < 4.78 is 18.0. The summed E-state index contributed by atoms with van der Waals surface area (Å²) in [5.41, 5.74) is 0.786. The fraction of sp³-hybridized carbons (Fsp3) is 0.133. The van der Waals surface area contributed by atoms with E-state index in [4.69, 9.17) is 0 Å². The number of hydrogen-bond donors (Lipinski definition) is 1. The first kappa shape index (κ1) is 15.8. The van der Waals surface area contributed by atoms with E-state index < -0.39 is 17.7 Å². The molecule has 0 bridgehead atoms. The highest BCUT2D eigenvalue weighted by atomic mass is 32.1. The molecule has 1 aromatic carbocycles. The van der Waals surface area contributed by atoms with Crippen molar-refractivity contribution >= 4 is 34.4 Å². The Morgan fingerprint density at radius 3 is 2.77 bits per heavy atom. The summed E-state index contributed by atoms with van der Waals surface area (Å²) in [6.07, 6.45) is 2.57. The van der Waals surface area contributed by atoms with E-state index >= 15 is 0 Å². The molecule has 0 aliphatic carbocycles. The van der Waals surface area contributed by atoms with Crippen LogP contribution in [0.1, 0.15) is 20.9 Å². The van der Waals surface area contributed by atoms with Crippen LogP contribution in [0, 0.1) is 12.7 Å². The Morgan fingerprint density at radius 1 is 1.36 bits per heavy atom. The number of benzene rings is 1. The third kappa shape index (κ3) is 3.76. The Bertz CT molecular complexity index is 740. The van der Waals surface area contributed by atoms with Gasteiger partial charge in [-0.1, -0.05) is 29.5 Å². The second-order valence-corrected chi connectivity index (χ2v) is 5.27. The molecule has 0 saturated heterocycles. The number of nitrogens with zero attached hydrogens (tertiary/aromatic N) is 1. The van der Waals surface area contributed by atoms with Crippen LogP contribution in [0.25, 0.3) is 6.08 Å². The zero-order chi connectivity index (χ0) is 16.1. The Hall–Kier alpha value is -2.54. The number of anilines is 1. The van der Waals surface area contributed by atoms with Crippen molar-refractivity contribution in [3.05, 3.63) is 52.3 Å². The van der Waals surface area contributed by atoms with Gasteiger partial charge in [0.15, 0.2) is 5.13 Å². The van der Waals surface area contributed by atoms with E-state index in [9.17, 15) is 14.0 Å². The quantitative estimate of drug-likeness (QED) is 0.694. The lowest BCUT2D eigenvalue weighted by atomic mass is 10.2. The summed E-state index contributed by atoms with van der Waals surface area (Å²) >= 11 is 1.02. The maximum Gasteiger partial charge on any atom is 0.350 e. The van der Waals surface area contributed by atoms with Gasteiger partial charge in [-0.05, 0) is 19.1 Å². The van der Waals surface area contributed by atoms with E-state index in [-0.39, 0.29) is 5.13 Å². The lowest BCUT2D eigenvalue weighted by Crippen LogP contribution is -2.07. The second-order valence-electron chi connectivity index (χ2n) is 4.27. The van der Waals surface area contributed by atoms with Gasteiger partial charge in [-0.25, -0.2) is 14.2 Å². The summed E-state index contributed by atoms with van der Waals surface area (Å²) in [4.78, 5) is 27.6. The van der Waals surface area contributed by atoms with E-state index in [1.165, 1.54) is 25.3 Å². The average Bonchev–Trinajstić information content (AvgIpc) is 2.86. The Kier molecular flexibility index (Phi) is 5.00. The number of rotatable bonds is 4. The van der Waals surface area contributed by atoms with E-state index in [1.807, 2.05) is 0 Å². The smallest absolute Gasteiger partial charge is 0.350 e. The molecule has 1 aromatic heterocycles. The number of amides is 1. The van der Waals surface area contributed by atoms with Gasteiger partial charge in [0.1, 0.15) is 10.7 Å². The molecular weight excluding hydrogens is 307 g/mol. The number of esters is 1. The molecule has 5 nitrogen and oxygen atoms in total. The van der Waals surface area contributed by atoms with Gasteiger partial charge in [0, 0.05) is 11.6 Å². The molecule has 0 saturated carbocycles. The van der Waals surface area contributed by atoms with E-state index in [1.54, 1.807) is 25.1 Å². The molecule has 22 heavy (non-hydrogen) atoms. The summed E-state index contributed by atoms with van der Waals surface area (Å²) in [6, 6.07) is 6.11. The lowest BCUT2D eigenvalue weighted by Gasteiger charge is -1.97. The summed E-state index contributed by atoms with van der Waals surface area (Å²) in [5, 5.41) is 2.80. The molecular formula is C15H13FN2O3S. The Balaban J connectivity index is 2.07. The van der Waals surface area contributed by atoms with Crippen molar-refractivity contribution in [1.82, 2.24) is 4.98 Å². The molecule has 0 atom stereocenters. The molecule has 0 aliphatic heterocycles. The monoisotopic (exact) mass is 320 g/mol. The minimum atomic E-state index is -0.502. The fourth-order valence-corrected chi connectivity index (χ4v) is 2.54. The van der Waals surface area contributed by atoms with Crippen molar-refractivity contribution in [1.29, 1.82) is 0 Å². The maximum absolute atomic E-state index is 13.4. The van der Waals surface area contributed by atoms with E-state index in [2.05, 4.69) is 15.0 Å². The van der Waals surface area contributed by atoms with Gasteiger partial charge in [0.2, 0.25) is 5.91 Å². The first-order chi connectivity index (χ1) is 10.5. The molecule has 7 heteroatoms. The van der Waals surface area contributed by atoms with Gasteiger partial charge in [0.25, 0.3) is 0 Å². The van der Waals surface area contributed by atoms with Crippen LogP contribution in [0.15, 0.2) is 30.3 Å². The molecule has 1 N–H and O–H groups in total. The highest BCUT2D eigenvalue weighted by Crippen LogP contribution is 2.23. The van der Waals surface area contributed by atoms with Crippen LogP contribution in [0.5, 0.6) is 0 Å². The number of nitrogens with one attached hydrogen (secondary N) is 1. The minimum Gasteiger partial charge on any atom is -0.465 e. The largest absolute Gasteiger partial charge is 0.465 e. The van der Waals surface area contributed by atoms with Gasteiger partial charge in [0.05, 0.1) is 12.8 Å². The number of halogens is 1. The first-order valence-corrected chi connectivity index (χ1v) is 7.12. The number of thiazole rings is 1. The van der Waals surface area contributed by atoms with Crippen LogP contribution in [0.2, 0.25) is 0 Å². The van der Waals surface area contributed by atoms with Crippen LogP contribution in [0.3, 0.4) is 0 Å². The number of carbonyl (C=O) groups excluding carboxylic acids is 2. The summed E-state index contributed by atoms with van der Waals surface area (Å²) in [7, 11) is 1.27. The fourth-order valence-electron chi connectivity index (χ4n) is 1.65. The Labute approximate surface area is 130 Å². The van der Waals surface area contributed by atoms with E-state index in [0.717, 1.165) is 11.3 Å². The molecule has 0 unspecified atom stereocenters. The summed E-state index contributed by atoms with van der Waals surface area (Å²) in [5.74, 6) is -1.38. The van der Waals surface area contributed by atoms with Crippen LogP contribution in [-0.4, -0.2) is 24.0 Å². The predicted molar refractivity (Wildman–Crippen MR) is 82.3 cm³/mol. The number of carbonyl (C=O) groups is 2. The molecule has 0 radical (unpaired) electrons. The molecule has 1 amide bonds. The van der Waals surface area contributed by atoms with Crippen LogP contribution in [0.4, 0.5) is 9.52 Å². The number of aryl methyl sites for hydroxylation is 1. The van der Waals surface area contributed by atoms with Crippen LogP contribution < -0.4 is 5.32 Å². The third-order valence-electron chi connectivity index (χ3n) is 2.72. The molecule has 2 rings (SSSR count). The van der Waals surface area contributed by atoms with Crippen molar-refractivity contribution in [3.8, 4) is 0 Å². The van der Waals surface area contributed by atoms with Crippen LogP contribution >= 0.6 is 11.3 Å². The number of methoxy groups -OCH3 is 1. The molecule has 114 valence electrons. The Morgan fingerprint density at radius 2 is 2.09 bits per heavy atom. The average molecular weight is 320 g/mol. The molecule has 0 spiro atoms. The summed E-state index contributed by atoms with van der Waals surface area (Å²) in [6.45, 7) is 1.65.